The minimum atomic E-state index is 0.0650. The molecule has 1 aromatic heterocycles. The molecule has 2 N–H and O–H groups in total. The molecule has 4 aliphatic heterocycles. The Bertz CT molecular complexity index is 894. The molecule has 0 unspecified atom stereocenters. The molecule has 6 rings (SSSR count). The summed E-state index contributed by atoms with van der Waals surface area (Å²) in [6.45, 7) is 2.97. The first-order valence-corrected chi connectivity index (χ1v) is 10.1. The Morgan fingerprint density at radius 1 is 1.18 bits per heavy atom. The van der Waals surface area contributed by atoms with Gasteiger partial charge in [-0.2, -0.15) is 0 Å². The number of rotatable bonds is 3. The second-order valence-corrected chi connectivity index (χ2v) is 8.13. The van der Waals surface area contributed by atoms with Gasteiger partial charge < -0.3 is 15.4 Å². The summed E-state index contributed by atoms with van der Waals surface area (Å²) in [4.78, 5) is 22.2. The molecule has 4 saturated heterocycles. The van der Waals surface area contributed by atoms with E-state index in [1.54, 1.807) is 25.4 Å². The van der Waals surface area contributed by atoms with Crippen molar-refractivity contribution >= 4 is 11.7 Å². The van der Waals surface area contributed by atoms with Gasteiger partial charge in [-0.05, 0) is 50.0 Å². The number of para-hydroxylation sites is 1. The Labute approximate surface area is 165 Å². The summed E-state index contributed by atoms with van der Waals surface area (Å²) in [5, 5.41) is 0. The lowest BCUT2D eigenvalue weighted by atomic mass is 9.75. The molecule has 6 nitrogen and oxygen atoms in total. The molecule has 1 amide bonds. The highest BCUT2D eigenvalue weighted by Crippen LogP contribution is 2.48. The third kappa shape index (κ3) is 2.66. The van der Waals surface area contributed by atoms with Crippen LogP contribution in [-0.2, 0) is 0 Å². The standard InChI is InChI=1S/C22H26N4O2/c1-28-18-5-3-2-4-16(18)17-13-26(22(27)15-6-9-24-19(23)12-15)20-14-7-10-25(11-8-14)21(17)20/h2-6,9,12,14,17,20-21H,7-8,10-11,13H2,1H3,(H2,23,24)/t17-,20-,21-/m0/s1. The number of benzene rings is 1. The molecule has 4 aliphatic rings. The second kappa shape index (κ2) is 6.78. The van der Waals surface area contributed by atoms with Gasteiger partial charge in [0.25, 0.3) is 5.91 Å². The summed E-state index contributed by atoms with van der Waals surface area (Å²) < 4.78 is 5.67. The zero-order chi connectivity index (χ0) is 19.3. The van der Waals surface area contributed by atoms with Crippen molar-refractivity contribution in [3.05, 3.63) is 53.7 Å². The summed E-state index contributed by atoms with van der Waals surface area (Å²) in [7, 11) is 1.72. The van der Waals surface area contributed by atoms with Gasteiger partial charge in [0.2, 0.25) is 0 Å². The van der Waals surface area contributed by atoms with E-state index in [-0.39, 0.29) is 17.9 Å². The lowest BCUT2D eigenvalue weighted by Crippen LogP contribution is -2.60. The Morgan fingerprint density at radius 2 is 1.96 bits per heavy atom. The van der Waals surface area contributed by atoms with E-state index in [0.717, 1.165) is 18.8 Å². The second-order valence-electron chi connectivity index (χ2n) is 8.13. The van der Waals surface area contributed by atoms with Crippen LogP contribution in [0.4, 0.5) is 5.82 Å². The van der Waals surface area contributed by atoms with E-state index in [1.165, 1.54) is 18.4 Å². The van der Waals surface area contributed by atoms with Crippen molar-refractivity contribution in [2.75, 3.05) is 32.5 Å². The molecule has 2 bridgehead atoms. The number of nitrogens with zero attached hydrogens (tertiary/aromatic N) is 3. The molecule has 2 aromatic rings. The topological polar surface area (TPSA) is 71.7 Å². The Morgan fingerprint density at radius 3 is 2.71 bits per heavy atom. The Hall–Kier alpha value is -2.60. The van der Waals surface area contributed by atoms with E-state index in [1.807, 2.05) is 12.1 Å². The number of nitrogens with two attached hydrogens (primary N) is 1. The van der Waals surface area contributed by atoms with Gasteiger partial charge in [0, 0.05) is 35.8 Å². The molecule has 3 atom stereocenters. The van der Waals surface area contributed by atoms with Crippen LogP contribution in [0.1, 0.15) is 34.7 Å². The highest BCUT2D eigenvalue weighted by Gasteiger charge is 2.55. The van der Waals surface area contributed by atoms with Gasteiger partial charge in [-0.25, -0.2) is 4.98 Å². The van der Waals surface area contributed by atoms with Crippen molar-refractivity contribution < 1.29 is 9.53 Å². The summed E-state index contributed by atoms with van der Waals surface area (Å²) in [6.07, 6.45) is 3.95. The number of likely N-dealkylation sites (tertiary alicyclic amines) is 1. The van der Waals surface area contributed by atoms with Crippen molar-refractivity contribution in [2.45, 2.75) is 30.8 Å². The van der Waals surface area contributed by atoms with Crippen LogP contribution in [0, 0.1) is 5.92 Å². The quantitative estimate of drug-likeness (QED) is 0.888. The molecule has 0 radical (unpaired) electrons. The number of fused-ring (bicyclic) bond motifs is 2. The van der Waals surface area contributed by atoms with Crippen molar-refractivity contribution in [3.8, 4) is 5.75 Å². The minimum absolute atomic E-state index is 0.0650. The number of piperidine rings is 3. The number of carbonyl (C=O) groups is 1. The molecule has 146 valence electrons. The van der Waals surface area contributed by atoms with Crippen LogP contribution in [0.3, 0.4) is 0 Å². The number of nitrogen functional groups attached to an aromatic ring is 1. The predicted molar refractivity (Wildman–Crippen MR) is 107 cm³/mol. The summed E-state index contributed by atoms with van der Waals surface area (Å²) >= 11 is 0. The van der Waals surface area contributed by atoms with Crippen LogP contribution in [0.2, 0.25) is 0 Å². The molecule has 5 heterocycles. The lowest BCUT2D eigenvalue weighted by Gasteiger charge is -2.51. The SMILES string of the molecule is COc1ccccc1[C@@H]1CN(C(=O)c2ccnc(N)c2)[C@H]2C3CCN(CC3)[C@@H]12. The van der Waals surface area contributed by atoms with Gasteiger partial charge in [0.05, 0.1) is 13.2 Å². The van der Waals surface area contributed by atoms with Crippen LogP contribution in [0.5, 0.6) is 5.75 Å². The molecule has 28 heavy (non-hydrogen) atoms. The van der Waals surface area contributed by atoms with Gasteiger partial charge in [0.15, 0.2) is 0 Å². The Kier molecular flexibility index (Phi) is 4.23. The van der Waals surface area contributed by atoms with Crippen molar-refractivity contribution in [2.24, 2.45) is 5.92 Å². The van der Waals surface area contributed by atoms with Gasteiger partial charge >= 0.3 is 0 Å². The number of anilines is 1. The average Bonchev–Trinajstić information content (AvgIpc) is 3.16. The average molecular weight is 378 g/mol. The van der Waals surface area contributed by atoms with Crippen LogP contribution < -0.4 is 10.5 Å². The van der Waals surface area contributed by atoms with Crippen molar-refractivity contribution in [3.63, 3.8) is 0 Å². The molecular formula is C22H26N4O2. The zero-order valence-electron chi connectivity index (χ0n) is 16.1. The largest absolute Gasteiger partial charge is 0.496 e. The first-order chi connectivity index (χ1) is 13.7. The maximum absolute atomic E-state index is 13.5. The molecule has 0 spiro atoms. The van der Waals surface area contributed by atoms with E-state index in [0.29, 0.717) is 29.9 Å². The van der Waals surface area contributed by atoms with Crippen LogP contribution >= 0.6 is 0 Å². The van der Waals surface area contributed by atoms with Gasteiger partial charge in [-0.3, -0.25) is 9.69 Å². The summed E-state index contributed by atoms with van der Waals surface area (Å²) in [5.74, 6) is 2.19. The van der Waals surface area contributed by atoms with Gasteiger partial charge in [-0.1, -0.05) is 18.2 Å². The number of carbonyl (C=O) groups excluding carboxylic acids is 1. The number of ether oxygens (including phenoxy) is 1. The normalized spacial score (nSPS) is 30.9. The summed E-state index contributed by atoms with van der Waals surface area (Å²) in [5.41, 5.74) is 7.67. The zero-order valence-corrected chi connectivity index (χ0v) is 16.1. The molecule has 6 heteroatoms. The van der Waals surface area contributed by atoms with E-state index in [2.05, 4.69) is 26.9 Å². The fourth-order valence-corrected chi connectivity index (χ4v) is 5.65. The van der Waals surface area contributed by atoms with Gasteiger partial charge in [-0.15, -0.1) is 0 Å². The number of hydrogen-bond donors (Lipinski definition) is 1. The lowest BCUT2D eigenvalue weighted by molar-refractivity contribution is -0.00350. The maximum atomic E-state index is 13.5. The number of hydrogen-bond acceptors (Lipinski definition) is 5. The number of methoxy groups -OCH3 is 1. The number of pyridine rings is 1. The smallest absolute Gasteiger partial charge is 0.254 e. The fraction of sp³-hybridized carbons (Fsp3) is 0.455. The fourth-order valence-electron chi connectivity index (χ4n) is 5.65. The minimum Gasteiger partial charge on any atom is -0.496 e. The highest BCUT2D eigenvalue weighted by molar-refractivity contribution is 5.95. The molecule has 1 aromatic carbocycles. The number of aromatic nitrogens is 1. The monoisotopic (exact) mass is 378 g/mol. The van der Waals surface area contributed by atoms with E-state index in [4.69, 9.17) is 10.5 Å². The van der Waals surface area contributed by atoms with E-state index >= 15 is 0 Å². The highest BCUT2D eigenvalue weighted by atomic mass is 16.5. The van der Waals surface area contributed by atoms with E-state index in [9.17, 15) is 4.79 Å². The van der Waals surface area contributed by atoms with Gasteiger partial charge in [0.1, 0.15) is 11.6 Å². The maximum Gasteiger partial charge on any atom is 0.254 e. The first-order valence-electron chi connectivity index (χ1n) is 10.1. The van der Waals surface area contributed by atoms with Crippen LogP contribution in [0.15, 0.2) is 42.6 Å². The third-order valence-corrected chi connectivity index (χ3v) is 6.82. The van der Waals surface area contributed by atoms with E-state index < -0.39 is 0 Å². The molecule has 0 saturated carbocycles. The van der Waals surface area contributed by atoms with Crippen LogP contribution in [0.25, 0.3) is 0 Å². The summed E-state index contributed by atoms with van der Waals surface area (Å²) in [6, 6.07) is 12.3. The van der Waals surface area contributed by atoms with Crippen LogP contribution in [-0.4, -0.2) is 59.5 Å². The Balaban J connectivity index is 1.55. The van der Waals surface area contributed by atoms with Crippen molar-refractivity contribution in [1.29, 1.82) is 0 Å². The van der Waals surface area contributed by atoms with Crippen molar-refractivity contribution in [1.82, 2.24) is 14.8 Å². The molecular weight excluding hydrogens is 352 g/mol. The predicted octanol–water partition coefficient (Wildman–Crippen LogP) is 2.37. The first kappa shape index (κ1) is 17.5. The molecule has 0 aliphatic carbocycles. The third-order valence-electron chi connectivity index (χ3n) is 6.82. The molecule has 4 fully saturated rings. The number of amides is 1.